The van der Waals surface area contributed by atoms with E-state index in [1.165, 1.54) is 19.2 Å². The van der Waals surface area contributed by atoms with Gasteiger partial charge in [-0.05, 0) is 66.4 Å². The maximum absolute atomic E-state index is 13.9. The summed E-state index contributed by atoms with van der Waals surface area (Å²) >= 11 is 0. The monoisotopic (exact) mass is 626 g/mol. The molecule has 0 radical (unpaired) electrons. The standard InChI is InChI=1S/C34H26O12/c1-37-29-19(5-3-17-4-7-23-25(9-17)41-13-39-23)10-20(31-33(29)45-15-43-31)21-12-22(30(38-2)34-32(21)44-16-46-34)28(36)27(35)18-6-8-24-26(11-18)42-14-40-24/h4,6-12H,3,5,13-16H2,1-2H3. The maximum Gasteiger partial charge on any atom is 0.237 e. The van der Waals surface area contributed by atoms with E-state index in [9.17, 15) is 9.59 Å². The third kappa shape index (κ3) is 4.44. The zero-order chi connectivity index (χ0) is 31.4. The first-order chi connectivity index (χ1) is 22.5. The van der Waals surface area contributed by atoms with E-state index in [0.29, 0.717) is 70.0 Å². The highest BCUT2D eigenvalue weighted by Gasteiger charge is 2.35. The van der Waals surface area contributed by atoms with Gasteiger partial charge < -0.3 is 47.4 Å². The molecule has 0 aliphatic carbocycles. The minimum Gasteiger partial charge on any atom is -0.492 e. The highest BCUT2D eigenvalue weighted by atomic mass is 16.7. The molecule has 0 bridgehead atoms. The molecule has 0 saturated heterocycles. The Morgan fingerprint density at radius 3 is 1.83 bits per heavy atom. The van der Waals surface area contributed by atoms with E-state index in [1.807, 2.05) is 24.3 Å². The minimum absolute atomic E-state index is 0.00481. The van der Waals surface area contributed by atoms with Gasteiger partial charge in [0, 0.05) is 16.7 Å². The molecule has 4 aliphatic heterocycles. The van der Waals surface area contributed by atoms with Gasteiger partial charge in [-0.2, -0.15) is 0 Å². The molecule has 12 heteroatoms. The molecule has 46 heavy (non-hydrogen) atoms. The molecule has 0 aromatic heterocycles. The van der Waals surface area contributed by atoms with E-state index in [2.05, 4.69) is 0 Å². The first-order valence-electron chi connectivity index (χ1n) is 14.4. The highest BCUT2D eigenvalue weighted by molar-refractivity contribution is 6.50. The molecule has 234 valence electrons. The van der Waals surface area contributed by atoms with Crippen molar-refractivity contribution in [1.29, 1.82) is 0 Å². The van der Waals surface area contributed by atoms with Crippen molar-refractivity contribution >= 4 is 11.6 Å². The van der Waals surface area contributed by atoms with Gasteiger partial charge in [-0.15, -0.1) is 0 Å². The van der Waals surface area contributed by atoms with E-state index in [4.69, 9.17) is 47.4 Å². The van der Waals surface area contributed by atoms with Crippen LogP contribution in [0.5, 0.6) is 57.5 Å². The molecule has 0 fully saturated rings. The summed E-state index contributed by atoms with van der Waals surface area (Å²) < 4.78 is 56.7. The van der Waals surface area contributed by atoms with E-state index < -0.39 is 11.6 Å². The van der Waals surface area contributed by atoms with Gasteiger partial charge >= 0.3 is 0 Å². The number of ketones is 2. The van der Waals surface area contributed by atoms with Gasteiger partial charge in [0.2, 0.25) is 50.2 Å². The Bertz CT molecular complexity index is 1930. The molecule has 4 aromatic carbocycles. The predicted octanol–water partition coefficient (Wildman–Crippen LogP) is 5.14. The summed E-state index contributed by atoms with van der Waals surface area (Å²) in [6.45, 7) is 0.0906. The molecule has 4 aliphatic rings. The summed E-state index contributed by atoms with van der Waals surface area (Å²) in [4.78, 5) is 27.4. The lowest BCUT2D eigenvalue weighted by Gasteiger charge is -2.18. The minimum atomic E-state index is -0.805. The Morgan fingerprint density at radius 2 is 1.13 bits per heavy atom. The number of Topliss-reactive ketones (excluding diaryl/α,β-unsaturated/α-hetero) is 2. The lowest BCUT2D eigenvalue weighted by Crippen LogP contribution is -2.16. The Hall–Kier alpha value is -5.78. The second-order valence-corrected chi connectivity index (χ2v) is 10.7. The number of methoxy groups -OCH3 is 2. The SMILES string of the molecule is COc1c(CCc2ccc3c(c2)OCO3)cc(-c2cc(C(=O)C(=O)c3ccc4c(c3)OCO4)c(OC)c3c2OCO3)c2c1OCO2. The van der Waals surface area contributed by atoms with Crippen molar-refractivity contribution in [2.24, 2.45) is 0 Å². The average molecular weight is 627 g/mol. The third-order valence-corrected chi connectivity index (χ3v) is 8.17. The fourth-order valence-corrected chi connectivity index (χ4v) is 5.99. The van der Waals surface area contributed by atoms with Crippen LogP contribution in [0.15, 0.2) is 48.5 Å². The first kappa shape index (κ1) is 27.7. The zero-order valence-electron chi connectivity index (χ0n) is 24.8. The van der Waals surface area contributed by atoms with Gasteiger partial charge in [0.15, 0.2) is 46.0 Å². The number of ether oxygens (including phenoxy) is 10. The fourth-order valence-electron chi connectivity index (χ4n) is 5.99. The van der Waals surface area contributed by atoms with Crippen molar-refractivity contribution in [1.82, 2.24) is 0 Å². The van der Waals surface area contributed by atoms with Crippen LogP contribution in [0.4, 0.5) is 0 Å². The number of carbonyl (C=O) groups is 2. The van der Waals surface area contributed by atoms with Gasteiger partial charge in [-0.1, -0.05) is 6.07 Å². The van der Waals surface area contributed by atoms with E-state index in [0.717, 1.165) is 11.1 Å². The summed E-state index contributed by atoms with van der Waals surface area (Å²) in [5.74, 6) is 2.73. The maximum atomic E-state index is 13.9. The Labute approximate surface area is 262 Å². The largest absolute Gasteiger partial charge is 0.492 e. The lowest BCUT2D eigenvalue weighted by molar-refractivity contribution is 0.0814. The van der Waals surface area contributed by atoms with Crippen LogP contribution in [0.1, 0.15) is 31.8 Å². The molecule has 0 saturated carbocycles. The van der Waals surface area contributed by atoms with Gasteiger partial charge in [0.05, 0.1) is 19.8 Å². The van der Waals surface area contributed by atoms with Crippen molar-refractivity contribution in [3.05, 3.63) is 70.8 Å². The van der Waals surface area contributed by atoms with Gasteiger partial charge in [0.25, 0.3) is 0 Å². The lowest BCUT2D eigenvalue weighted by atomic mass is 9.92. The van der Waals surface area contributed by atoms with Crippen molar-refractivity contribution in [2.75, 3.05) is 41.4 Å². The highest BCUT2D eigenvalue weighted by Crippen LogP contribution is 2.56. The molecule has 0 atom stereocenters. The van der Waals surface area contributed by atoms with Crippen molar-refractivity contribution < 1.29 is 57.0 Å². The number of carbonyl (C=O) groups excluding carboxylic acids is 2. The van der Waals surface area contributed by atoms with Crippen LogP contribution >= 0.6 is 0 Å². The molecule has 4 aromatic rings. The van der Waals surface area contributed by atoms with Crippen LogP contribution in [0.25, 0.3) is 11.1 Å². The van der Waals surface area contributed by atoms with E-state index in [1.54, 1.807) is 19.2 Å². The number of hydrogen-bond donors (Lipinski definition) is 0. The molecule has 0 spiro atoms. The fraction of sp³-hybridized carbons (Fsp3) is 0.235. The summed E-state index contributed by atoms with van der Waals surface area (Å²) in [7, 11) is 2.97. The predicted molar refractivity (Wildman–Crippen MR) is 158 cm³/mol. The van der Waals surface area contributed by atoms with Crippen LogP contribution in [-0.4, -0.2) is 53.0 Å². The van der Waals surface area contributed by atoms with Gasteiger partial charge in [-0.25, -0.2) is 0 Å². The first-order valence-corrected chi connectivity index (χ1v) is 14.4. The van der Waals surface area contributed by atoms with Crippen LogP contribution in [-0.2, 0) is 12.8 Å². The van der Waals surface area contributed by atoms with Crippen molar-refractivity contribution in [2.45, 2.75) is 12.8 Å². The van der Waals surface area contributed by atoms with Crippen LogP contribution in [0.3, 0.4) is 0 Å². The number of fused-ring (bicyclic) bond motifs is 4. The van der Waals surface area contributed by atoms with Crippen molar-refractivity contribution in [3.63, 3.8) is 0 Å². The molecule has 0 N–H and O–H groups in total. The van der Waals surface area contributed by atoms with Gasteiger partial charge in [0.1, 0.15) is 0 Å². The molecule has 0 amide bonds. The number of hydrogen-bond acceptors (Lipinski definition) is 12. The molecular formula is C34H26O12. The summed E-state index contributed by atoms with van der Waals surface area (Å²) in [5, 5.41) is 0. The quantitative estimate of drug-likeness (QED) is 0.180. The van der Waals surface area contributed by atoms with Crippen molar-refractivity contribution in [3.8, 4) is 68.6 Å². The van der Waals surface area contributed by atoms with Crippen LogP contribution in [0, 0.1) is 0 Å². The normalized spacial score (nSPS) is 14.4. The smallest absolute Gasteiger partial charge is 0.237 e. The molecular weight excluding hydrogens is 600 g/mol. The number of aryl methyl sites for hydroxylation is 2. The Morgan fingerprint density at radius 1 is 0.565 bits per heavy atom. The summed E-state index contributed by atoms with van der Waals surface area (Å²) in [5.41, 5.74) is 3.04. The molecule has 8 rings (SSSR count). The Kier molecular flexibility index (Phi) is 6.63. The summed E-state index contributed by atoms with van der Waals surface area (Å²) in [6.07, 6.45) is 1.22. The van der Waals surface area contributed by atoms with Crippen LogP contribution in [0.2, 0.25) is 0 Å². The zero-order valence-corrected chi connectivity index (χ0v) is 24.8. The summed E-state index contributed by atoms with van der Waals surface area (Å²) in [6, 6.07) is 13.9. The Balaban J connectivity index is 1.21. The number of rotatable bonds is 9. The second-order valence-electron chi connectivity index (χ2n) is 10.7. The number of benzene rings is 4. The van der Waals surface area contributed by atoms with Gasteiger partial charge in [-0.3, -0.25) is 9.59 Å². The van der Waals surface area contributed by atoms with E-state index in [-0.39, 0.29) is 49.8 Å². The molecule has 12 nitrogen and oxygen atoms in total. The average Bonchev–Trinajstić information content (AvgIpc) is 3.91. The topological polar surface area (TPSA) is 126 Å². The second kappa shape index (κ2) is 11.0. The molecule has 0 unspecified atom stereocenters. The third-order valence-electron chi connectivity index (χ3n) is 8.17. The van der Waals surface area contributed by atoms with E-state index >= 15 is 0 Å². The van der Waals surface area contributed by atoms with Crippen LogP contribution < -0.4 is 47.4 Å². The molecule has 4 heterocycles.